The highest BCUT2D eigenvalue weighted by atomic mass is 35.5. The van der Waals surface area contributed by atoms with Crippen LogP contribution >= 0.6 is 22.9 Å². The Morgan fingerprint density at radius 3 is 2.84 bits per heavy atom. The number of nitrogens with zero attached hydrogens (tertiary/aromatic N) is 3. The Morgan fingerprint density at radius 1 is 1.41 bits per heavy atom. The molecule has 8 nitrogen and oxygen atoms in total. The number of ketones is 1. The number of methoxy groups -OCH3 is 1. The maximum atomic E-state index is 13.9. The predicted molar refractivity (Wildman–Crippen MR) is 140 cm³/mol. The smallest absolute Gasteiger partial charge is 0.338 e. The van der Waals surface area contributed by atoms with E-state index in [0.717, 1.165) is 0 Å². The molecular formula is C26H30ClFN4O4S. The van der Waals surface area contributed by atoms with Crippen molar-refractivity contribution in [3.63, 3.8) is 0 Å². The summed E-state index contributed by atoms with van der Waals surface area (Å²) in [6.07, 6.45) is 2.19. The van der Waals surface area contributed by atoms with Crippen molar-refractivity contribution in [2.24, 2.45) is 10.9 Å². The number of morpholine rings is 1. The molecule has 2 aromatic rings. The fourth-order valence-electron chi connectivity index (χ4n) is 4.67. The quantitative estimate of drug-likeness (QED) is 0.495. The number of carbonyl (C=O) groups excluding carboxylic acids is 2. The molecule has 198 valence electrons. The molecule has 0 amide bonds. The second kappa shape index (κ2) is 11.8. The summed E-state index contributed by atoms with van der Waals surface area (Å²) in [5.41, 5.74) is 1.36. The molecule has 4 rings (SSSR count). The first-order valence-corrected chi connectivity index (χ1v) is 13.3. The summed E-state index contributed by atoms with van der Waals surface area (Å²) in [5, 5.41) is 5.95. The molecule has 1 aromatic carbocycles. The van der Waals surface area contributed by atoms with Gasteiger partial charge in [-0.3, -0.25) is 14.7 Å². The van der Waals surface area contributed by atoms with Crippen LogP contribution in [-0.2, 0) is 19.1 Å². The Bertz CT molecular complexity index is 1220. The molecule has 11 heteroatoms. The number of carbonyl (C=O) groups is 2. The van der Waals surface area contributed by atoms with Crippen LogP contribution in [0.25, 0.3) is 0 Å². The Labute approximate surface area is 224 Å². The van der Waals surface area contributed by atoms with Crippen LogP contribution in [0.3, 0.4) is 0 Å². The molecule has 2 aliphatic rings. The summed E-state index contributed by atoms with van der Waals surface area (Å²) in [4.78, 5) is 36.6. The van der Waals surface area contributed by atoms with Crippen molar-refractivity contribution in [2.75, 3.05) is 26.8 Å². The summed E-state index contributed by atoms with van der Waals surface area (Å²) in [6, 6.07) is 3.15. The second-order valence-electron chi connectivity index (χ2n) is 9.25. The molecule has 1 unspecified atom stereocenters. The number of amidine groups is 1. The van der Waals surface area contributed by atoms with Gasteiger partial charge in [0, 0.05) is 52.9 Å². The van der Waals surface area contributed by atoms with Gasteiger partial charge in [0.25, 0.3) is 0 Å². The zero-order valence-electron chi connectivity index (χ0n) is 21.2. The normalized spacial score (nSPS) is 23.3. The van der Waals surface area contributed by atoms with E-state index in [1.54, 1.807) is 13.1 Å². The molecule has 4 atom stereocenters. The largest absolute Gasteiger partial charge is 0.466 e. The number of thiazole rings is 1. The number of benzene rings is 1. The van der Waals surface area contributed by atoms with E-state index in [9.17, 15) is 14.0 Å². The van der Waals surface area contributed by atoms with E-state index in [2.05, 4.69) is 15.2 Å². The molecule has 2 aliphatic heterocycles. The van der Waals surface area contributed by atoms with Crippen molar-refractivity contribution >= 4 is 40.5 Å². The van der Waals surface area contributed by atoms with Crippen LogP contribution in [0.15, 0.2) is 46.0 Å². The number of hydrogen-bond donors (Lipinski definition) is 1. The minimum absolute atomic E-state index is 0.0455. The molecular weight excluding hydrogens is 519 g/mol. The third-order valence-electron chi connectivity index (χ3n) is 6.84. The van der Waals surface area contributed by atoms with Gasteiger partial charge in [-0.1, -0.05) is 24.6 Å². The Kier molecular flexibility index (Phi) is 8.74. The number of hydrogen-bond acceptors (Lipinski definition) is 9. The molecule has 0 aliphatic carbocycles. The minimum Gasteiger partial charge on any atom is -0.466 e. The van der Waals surface area contributed by atoms with Gasteiger partial charge in [-0.2, -0.15) is 0 Å². The summed E-state index contributed by atoms with van der Waals surface area (Å²) in [7, 11) is 1.31. The molecule has 0 radical (unpaired) electrons. The van der Waals surface area contributed by atoms with Gasteiger partial charge >= 0.3 is 5.97 Å². The highest BCUT2D eigenvalue weighted by Gasteiger charge is 2.37. The number of Topliss-reactive ketones (excluding diaryl/α,β-unsaturated/α-hetero) is 1. The first kappa shape index (κ1) is 27.4. The number of nitrogens with one attached hydrogen (secondary N) is 1. The molecule has 1 N–H and O–H groups in total. The van der Waals surface area contributed by atoms with Crippen molar-refractivity contribution in [3.8, 4) is 0 Å². The SMILES string of the molecule is COC(=O)C1=C(CN2CCO[C@H](C)[C@H]2CC(C)C(C)=O)NC(c2nccs2)=N[C@H]1c1ccc(F)cc1Cl. The monoisotopic (exact) mass is 548 g/mol. The molecule has 1 saturated heterocycles. The number of rotatable bonds is 8. The highest BCUT2D eigenvalue weighted by Crippen LogP contribution is 2.37. The molecule has 3 heterocycles. The van der Waals surface area contributed by atoms with Crippen LogP contribution in [0.1, 0.15) is 43.8 Å². The van der Waals surface area contributed by atoms with E-state index in [-0.39, 0.29) is 34.4 Å². The number of ether oxygens (including phenoxy) is 2. The lowest BCUT2D eigenvalue weighted by atomic mass is 9.92. The number of aromatic nitrogens is 1. The second-order valence-corrected chi connectivity index (χ2v) is 10.6. The summed E-state index contributed by atoms with van der Waals surface area (Å²) in [5.74, 6) is -0.585. The Morgan fingerprint density at radius 2 is 2.19 bits per heavy atom. The van der Waals surface area contributed by atoms with Gasteiger partial charge < -0.3 is 14.8 Å². The zero-order chi connectivity index (χ0) is 26.7. The van der Waals surface area contributed by atoms with Crippen molar-refractivity contribution in [2.45, 2.75) is 45.4 Å². The van der Waals surface area contributed by atoms with Crippen LogP contribution in [0.4, 0.5) is 4.39 Å². The van der Waals surface area contributed by atoms with Gasteiger partial charge in [0.05, 0.1) is 25.4 Å². The standard InChI is InChI=1S/C26H30ClFN4O4S/c1-14(15(2)33)11-21-16(3)36-9-8-32(21)13-20-22(26(34)35-4)23(18-6-5-17(28)12-19(18)27)31-24(30-20)25-29-7-10-37-25/h5-7,10,12,14,16,21,23H,8-9,11,13H2,1-4H3,(H,30,31)/t14?,16-,21-,23+/m1/s1. The van der Waals surface area contributed by atoms with Crippen molar-refractivity contribution < 1.29 is 23.5 Å². The third kappa shape index (κ3) is 6.09. The van der Waals surface area contributed by atoms with Crippen molar-refractivity contribution in [1.29, 1.82) is 0 Å². The fourth-order valence-corrected chi connectivity index (χ4v) is 5.52. The van der Waals surface area contributed by atoms with Crippen LogP contribution < -0.4 is 5.32 Å². The number of esters is 1. The summed E-state index contributed by atoms with van der Waals surface area (Å²) in [6.45, 7) is 7.00. The summed E-state index contributed by atoms with van der Waals surface area (Å²) < 4.78 is 25.0. The van der Waals surface area contributed by atoms with Gasteiger partial charge in [-0.05, 0) is 32.4 Å². The lowest BCUT2D eigenvalue weighted by Crippen LogP contribution is -2.53. The van der Waals surface area contributed by atoms with Crippen LogP contribution in [0.5, 0.6) is 0 Å². The van der Waals surface area contributed by atoms with Crippen LogP contribution in [0.2, 0.25) is 5.02 Å². The average molecular weight is 549 g/mol. The van der Waals surface area contributed by atoms with Crippen molar-refractivity contribution in [3.05, 3.63) is 62.5 Å². The average Bonchev–Trinajstić information content (AvgIpc) is 3.40. The lowest BCUT2D eigenvalue weighted by Gasteiger charge is -2.42. The Balaban J connectivity index is 1.79. The first-order valence-electron chi connectivity index (χ1n) is 12.1. The van der Waals surface area contributed by atoms with Gasteiger partial charge in [0.2, 0.25) is 0 Å². The minimum atomic E-state index is -0.830. The van der Waals surface area contributed by atoms with Gasteiger partial charge in [-0.15, -0.1) is 11.3 Å². The lowest BCUT2D eigenvalue weighted by molar-refractivity contribution is -0.136. The van der Waals surface area contributed by atoms with E-state index < -0.39 is 17.8 Å². The van der Waals surface area contributed by atoms with E-state index in [1.807, 2.05) is 19.2 Å². The molecule has 1 fully saturated rings. The molecule has 0 bridgehead atoms. The topological polar surface area (TPSA) is 93.1 Å². The van der Waals surface area contributed by atoms with Gasteiger partial charge in [-0.25, -0.2) is 14.2 Å². The third-order valence-corrected chi connectivity index (χ3v) is 7.95. The van der Waals surface area contributed by atoms with Gasteiger partial charge in [0.15, 0.2) is 10.8 Å². The Hall–Kier alpha value is -2.66. The number of halogens is 2. The van der Waals surface area contributed by atoms with Crippen LogP contribution in [-0.4, -0.2) is 66.4 Å². The molecule has 0 saturated carbocycles. The summed E-state index contributed by atoms with van der Waals surface area (Å²) >= 11 is 7.84. The van der Waals surface area contributed by atoms with E-state index in [4.69, 9.17) is 26.1 Å². The molecule has 0 spiro atoms. The fraction of sp³-hybridized carbons (Fsp3) is 0.462. The van der Waals surface area contributed by atoms with Gasteiger partial charge in [0.1, 0.15) is 17.6 Å². The van der Waals surface area contributed by atoms with E-state index in [1.165, 1.54) is 36.6 Å². The maximum Gasteiger partial charge on any atom is 0.338 e. The highest BCUT2D eigenvalue weighted by molar-refractivity contribution is 7.11. The number of aliphatic imine (C=N–C) groups is 1. The zero-order valence-corrected chi connectivity index (χ0v) is 22.7. The maximum absolute atomic E-state index is 13.9. The predicted octanol–water partition coefficient (Wildman–Crippen LogP) is 4.16. The van der Waals surface area contributed by atoms with E-state index in [0.29, 0.717) is 48.2 Å². The van der Waals surface area contributed by atoms with E-state index >= 15 is 0 Å². The van der Waals surface area contributed by atoms with Crippen LogP contribution in [0, 0.1) is 11.7 Å². The van der Waals surface area contributed by atoms with Crippen molar-refractivity contribution in [1.82, 2.24) is 15.2 Å². The molecule has 37 heavy (non-hydrogen) atoms. The molecule has 1 aromatic heterocycles. The first-order chi connectivity index (χ1) is 17.7.